The summed E-state index contributed by atoms with van der Waals surface area (Å²) in [6, 6.07) is 7.95. The fraction of sp³-hybridized carbons (Fsp3) is 0.533. The number of likely N-dealkylation sites (tertiary alicyclic amines) is 1. The highest BCUT2D eigenvalue weighted by molar-refractivity contribution is 7.98. The van der Waals surface area contributed by atoms with Crippen LogP contribution in [0.5, 0.6) is 0 Å². The van der Waals surface area contributed by atoms with Crippen LogP contribution in [0.3, 0.4) is 0 Å². The lowest BCUT2D eigenvalue weighted by Crippen LogP contribution is -2.33. The van der Waals surface area contributed by atoms with Crippen molar-refractivity contribution in [2.75, 3.05) is 44.3 Å². The molecule has 2 atom stereocenters. The Morgan fingerprint density at radius 1 is 1.35 bits per heavy atom. The molecule has 0 unspecified atom stereocenters. The summed E-state index contributed by atoms with van der Waals surface area (Å²) in [4.78, 5) is 15.6. The Bertz CT molecular complexity index is 482. The van der Waals surface area contributed by atoms with E-state index in [0.717, 1.165) is 48.6 Å². The molecule has 2 saturated heterocycles. The van der Waals surface area contributed by atoms with Crippen LogP contribution in [0.4, 0.5) is 5.69 Å². The van der Waals surface area contributed by atoms with Crippen LogP contribution in [-0.2, 0) is 4.79 Å². The van der Waals surface area contributed by atoms with Crippen molar-refractivity contribution in [3.63, 3.8) is 0 Å². The van der Waals surface area contributed by atoms with Crippen molar-refractivity contribution < 1.29 is 4.79 Å². The van der Waals surface area contributed by atoms with Crippen molar-refractivity contribution in [1.29, 1.82) is 0 Å². The number of benzene rings is 1. The van der Waals surface area contributed by atoms with Crippen molar-refractivity contribution in [3.05, 3.63) is 24.3 Å². The van der Waals surface area contributed by atoms with Crippen molar-refractivity contribution in [2.24, 2.45) is 11.8 Å². The minimum Gasteiger partial charge on any atom is -0.324 e. The summed E-state index contributed by atoms with van der Waals surface area (Å²) in [5.41, 5.74) is 0.922. The molecule has 5 heteroatoms. The van der Waals surface area contributed by atoms with Gasteiger partial charge in [-0.25, -0.2) is 0 Å². The highest BCUT2D eigenvalue weighted by Crippen LogP contribution is 2.27. The molecule has 2 N–H and O–H groups in total. The predicted molar refractivity (Wildman–Crippen MR) is 83.1 cm³/mol. The Hall–Kier alpha value is -1.04. The molecule has 2 fully saturated rings. The van der Waals surface area contributed by atoms with E-state index in [1.54, 1.807) is 11.8 Å². The number of fused-ring (bicyclic) bond motifs is 1. The van der Waals surface area contributed by atoms with Crippen molar-refractivity contribution >= 4 is 23.4 Å². The van der Waals surface area contributed by atoms with Gasteiger partial charge in [0.2, 0.25) is 5.91 Å². The normalized spacial score (nSPS) is 25.6. The van der Waals surface area contributed by atoms with E-state index in [9.17, 15) is 4.79 Å². The number of thioether (sulfide) groups is 1. The molecule has 3 rings (SSSR count). The zero-order valence-corrected chi connectivity index (χ0v) is 12.6. The molecule has 20 heavy (non-hydrogen) atoms. The Balaban J connectivity index is 1.55. The van der Waals surface area contributed by atoms with E-state index < -0.39 is 0 Å². The number of carbonyl (C=O) groups excluding carboxylic acids is 1. The lowest BCUT2D eigenvalue weighted by Gasteiger charge is -2.17. The standard InChI is InChI=1S/C15H21N3OS/c1-20-14-5-3-2-4-13(14)17-15(19)10-18-8-11-6-16-7-12(11)9-18/h2-5,11-12,16H,6-10H2,1H3,(H,17,19)/t11-,12+. The van der Waals surface area contributed by atoms with Gasteiger partial charge in [0.05, 0.1) is 12.2 Å². The molecule has 4 nitrogen and oxygen atoms in total. The first kappa shape index (κ1) is 13.9. The highest BCUT2D eigenvalue weighted by atomic mass is 32.2. The number of rotatable bonds is 4. The molecule has 1 aromatic carbocycles. The topological polar surface area (TPSA) is 44.4 Å². The number of nitrogens with zero attached hydrogens (tertiary/aromatic N) is 1. The summed E-state index contributed by atoms with van der Waals surface area (Å²) in [6.07, 6.45) is 2.03. The smallest absolute Gasteiger partial charge is 0.238 e. The van der Waals surface area contributed by atoms with E-state index >= 15 is 0 Å². The number of anilines is 1. The van der Waals surface area contributed by atoms with Gasteiger partial charge in [0.25, 0.3) is 0 Å². The van der Waals surface area contributed by atoms with E-state index in [4.69, 9.17) is 0 Å². The molecular weight excluding hydrogens is 270 g/mol. The number of carbonyl (C=O) groups is 1. The minimum atomic E-state index is 0.0967. The molecule has 2 aliphatic rings. The maximum Gasteiger partial charge on any atom is 0.238 e. The molecule has 0 radical (unpaired) electrons. The van der Waals surface area contributed by atoms with Gasteiger partial charge in [-0.2, -0.15) is 0 Å². The second-order valence-electron chi connectivity index (χ2n) is 5.62. The first-order valence-electron chi connectivity index (χ1n) is 7.12. The van der Waals surface area contributed by atoms with Gasteiger partial charge in [-0.1, -0.05) is 12.1 Å². The highest BCUT2D eigenvalue weighted by Gasteiger charge is 2.36. The van der Waals surface area contributed by atoms with Gasteiger partial charge in [0, 0.05) is 18.0 Å². The lowest BCUT2D eigenvalue weighted by atomic mass is 10.0. The molecule has 0 aliphatic carbocycles. The fourth-order valence-electron chi connectivity index (χ4n) is 3.22. The quantitative estimate of drug-likeness (QED) is 0.825. The van der Waals surface area contributed by atoms with Crippen molar-refractivity contribution in [2.45, 2.75) is 4.90 Å². The lowest BCUT2D eigenvalue weighted by molar-refractivity contribution is -0.117. The van der Waals surface area contributed by atoms with Gasteiger partial charge >= 0.3 is 0 Å². The molecule has 0 saturated carbocycles. The molecule has 2 aliphatic heterocycles. The van der Waals surface area contributed by atoms with Crippen LogP contribution in [-0.4, -0.2) is 49.8 Å². The third-order valence-corrected chi connectivity index (χ3v) is 5.01. The molecule has 0 aromatic heterocycles. The summed E-state index contributed by atoms with van der Waals surface area (Å²) in [5.74, 6) is 1.57. The van der Waals surface area contributed by atoms with Crippen LogP contribution < -0.4 is 10.6 Å². The number of amides is 1. The zero-order valence-electron chi connectivity index (χ0n) is 11.8. The predicted octanol–water partition coefficient (Wildman–Crippen LogP) is 1.50. The Kier molecular flexibility index (Phi) is 4.29. The van der Waals surface area contributed by atoms with Crippen LogP contribution in [0.15, 0.2) is 29.2 Å². The average molecular weight is 291 g/mol. The zero-order chi connectivity index (χ0) is 13.9. The summed E-state index contributed by atoms with van der Waals surface area (Å²) < 4.78 is 0. The number of nitrogens with one attached hydrogen (secondary N) is 2. The summed E-state index contributed by atoms with van der Waals surface area (Å²) >= 11 is 1.66. The summed E-state index contributed by atoms with van der Waals surface area (Å²) in [5, 5.41) is 6.46. The van der Waals surface area contributed by atoms with E-state index in [2.05, 4.69) is 15.5 Å². The van der Waals surface area contributed by atoms with Gasteiger partial charge in [0.15, 0.2) is 0 Å². The third kappa shape index (κ3) is 3.00. The molecule has 1 aromatic rings. The molecular formula is C15H21N3OS. The molecule has 108 valence electrons. The fourth-order valence-corrected chi connectivity index (χ4v) is 3.78. The van der Waals surface area contributed by atoms with Crippen LogP contribution in [0.25, 0.3) is 0 Å². The van der Waals surface area contributed by atoms with Gasteiger partial charge in [-0.05, 0) is 43.3 Å². The Labute approximate surface area is 124 Å². The third-order valence-electron chi connectivity index (χ3n) is 4.21. The summed E-state index contributed by atoms with van der Waals surface area (Å²) in [6.45, 7) is 4.83. The van der Waals surface area contributed by atoms with Gasteiger partial charge in [-0.15, -0.1) is 11.8 Å². The van der Waals surface area contributed by atoms with Gasteiger partial charge in [0.1, 0.15) is 0 Å². The average Bonchev–Trinajstić information content (AvgIpc) is 3.00. The van der Waals surface area contributed by atoms with Gasteiger partial charge in [-0.3, -0.25) is 9.69 Å². The number of para-hydroxylation sites is 1. The number of hydrogen-bond donors (Lipinski definition) is 2. The number of hydrogen-bond acceptors (Lipinski definition) is 4. The van der Waals surface area contributed by atoms with Gasteiger partial charge < -0.3 is 10.6 Å². The largest absolute Gasteiger partial charge is 0.324 e. The van der Waals surface area contributed by atoms with Crippen LogP contribution in [0.2, 0.25) is 0 Å². The van der Waals surface area contributed by atoms with E-state index in [0.29, 0.717) is 6.54 Å². The van der Waals surface area contributed by atoms with E-state index in [1.165, 1.54) is 0 Å². The maximum atomic E-state index is 12.2. The van der Waals surface area contributed by atoms with Crippen molar-refractivity contribution in [1.82, 2.24) is 10.2 Å². The Morgan fingerprint density at radius 3 is 2.75 bits per heavy atom. The van der Waals surface area contributed by atoms with E-state index in [1.807, 2.05) is 30.5 Å². The first-order valence-corrected chi connectivity index (χ1v) is 8.34. The Morgan fingerprint density at radius 2 is 2.05 bits per heavy atom. The molecule has 0 spiro atoms. The summed E-state index contributed by atoms with van der Waals surface area (Å²) in [7, 11) is 0. The monoisotopic (exact) mass is 291 g/mol. The molecule has 0 bridgehead atoms. The first-order chi connectivity index (χ1) is 9.76. The van der Waals surface area contributed by atoms with Crippen LogP contribution in [0, 0.1) is 11.8 Å². The SMILES string of the molecule is CSc1ccccc1NC(=O)CN1C[C@H]2CNC[C@H]2C1. The second kappa shape index (κ2) is 6.16. The molecule has 1 amide bonds. The van der Waals surface area contributed by atoms with Crippen molar-refractivity contribution in [3.8, 4) is 0 Å². The minimum absolute atomic E-state index is 0.0967. The molecule has 2 heterocycles. The van der Waals surface area contributed by atoms with E-state index in [-0.39, 0.29) is 5.91 Å². The second-order valence-corrected chi connectivity index (χ2v) is 6.47. The van der Waals surface area contributed by atoms with Crippen LogP contribution >= 0.6 is 11.8 Å². The maximum absolute atomic E-state index is 12.2. The van der Waals surface area contributed by atoms with Crippen LogP contribution in [0.1, 0.15) is 0 Å².